The van der Waals surface area contributed by atoms with Gasteiger partial charge in [0.25, 0.3) is 0 Å². The second-order valence-electron chi connectivity index (χ2n) is 4.84. The molecule has 0 heterocycles. The van der Waals surface area contributed by atoms with Gasteiger partial charge in [0.2, 0.25) is 0 Å². The number of esters is 1. The van der Waals surface area contributed by atoms with Gasteiger partial charge in [0.1, 0.15) is 0 Å². The second kappa shape index (κ2) is 12.7. The molecule has 0 saturated heterocycles. The Morgan fingerprint density at radius 2 is 1.78 bits per heavy atom. The second-order valence-corrected chi connectivity index (χ2v) is 4.84. The number of ether oxygens (including phenoxy) is 1. The quantitative estimate of drug-likeness (QED) is 0.298. The van der Waals surface area contributed by atoms with Crippen LogP contribution in [0.25, 0.3) is 0 Å². The van der Waals surface area contributed by atoms with Crippen LogP contribution in [-0.4, -0.2) is 12.6 Å². The molecule has 0 aliphatic carbocycles. The van der Waals surface area contributed by atoms with E-state index < -0.39 is 0 Å². The average molecular weight is 254 g/mol. The van der Waals surface area contributed by atoms with Crippen molar-refractivity contribution in [2.45, 2.75) is 72.1 Å². The van der Waals surface area contributed by atoms with Crippen LogP contribution in [0.3, 0.4) is 0 Å². The number of carbonyl (C=O) groups is 1. The first-order valence-electron chi connectivity index (χ1n) is 7.59. The molecule has 1 atom stereocenters. The summed E-state index contributed by atoms with van der Waals surface area (Å²) in [7, 11) is 0. The minimum Gasteiger partial charge on any atom is -0.465 e. The van der Waals surface area contributed by atoms with Crippen LogP contribution < -0.4 is 0 Å². The summed E-state index contributed by atoms with van der Waals surface area (Å²) in [6.45, 7) is 7.02. The number of allylic oxidation sites excluding steroid dienone is 1. The molecule has 0 rings (SSSR count). The van der Waals surface area contributed by atoms with Gasteiger partial charge in [-0.1, -0.05) is 65.0 Å². The molecule has 2 nitrogen and oxygen atoms in total. The molecule has 106 valence electrons. The maximum absolute atomic E-state index is 11.9. The van der Waals surface area contributed by atoms with Crippen LogP contribution in [0.1, 0.15) is 72.1 Å². The van der Waals surface area contributed by atoms with Crippen LogP contribution in [0.2, 0.25) is 0 Å². The Labute approximate surface area is 113 Å². The van der Waals surface area contributed by atoms with Crippen molar-refractivity contribution in [2.24, 2.45) is 5.92 Å². The molecule has 1 unspecified atom stereocenters. The average Bonchev–Trinajstić information content (AvgIpc) is 2.38. The number of hydrogen-bond acceptors (Lipinski definition) is 2. The van der Waals surface area contributed by atoms with Gasteiger partial charge < -0.3 is 4.74 Å². The van der Waals surface area contributed by atoms with E-state index in [0.29, 0.717) is 6.61 Å². The van der Waals surface area contributed by atoms with Crippen molar-refractivity contribution in [3.63, 3.8) is 0 Å². The van der Waals surface area contributed by atoms with Crippen LogP contribution >= 0.6 is 0 Å². The molecule has 0 aromatic carbocycles. The molecular formula is C16H30O2. The van der Waals surface area contributed by atoms with Crippen molar-refractivity contribution in [3.8, 4) is 0 Å². The largest absolute Gasteiger partial charge is 0.465 e. The minimum atomic E-state index is -0.0410. The van der Waals surface area contributed by atoms with Gasteiger partial charge in [-0.05, 0) is 19.3 Å². The Balaban J connectivity index is 3.97. The summed E-state index contributed by atoms with van der Waals surface area (Å²) < 4.78 is 5.33. The Bertz CT molecular complexity index is 221. The van der Waals surface area contributed by atoms with E-state index in [-0.39, 0.29) is 11.9 Å². The number of rotatable bonds is 11. The summed E-state index contributed by atoms with van der Waals surface area (Å²) in [5.74, 6) is -0.0748. The summed E-state index contributed by atoms with van der Waals surface area (Å²) in [6, 6.07) is 0. The monoisotopic (exact) mass is 254 g/mol. The van der Waals surface area contributed by atoms with E-state index in [9.17, 15) is 4.79 Å². The third-order valence-electron chi connectivity index (χ3n) is 2.99. The van der Waals surface area contributed by atoms with Crippen molar-refractivity contribution >= 4 is 5.97 Å². The molecule has 0 amide bonds. The number of unbranched alkanes of at least 4 members (excludes halogenated alkanes) is 4. The van der Waals surface area contributed by atoms with Gasteiger partial charge in [-0.2, -0.15) is 0 Å². The first-order chi connectivity index (χ1) is 8.76. The zero-order valence-corrected chi connectivity index (χ0v) is 12.4. The van der Waals surface area contributed by atoms with Crippen molar-refractivity contribution in [1.29, 1.82) is 0 Å². The topological polar surface area (TPSA) is 26.3 Å². The highest BCUT2D eigenvalue weighted by Crippen LogP contribution is 2.12. The summed E-state index contributed by atoms with van der Waals surface area (Å²) in [4.78, 5) is 11.9. The molecule has 0 aromatic heterocycles. The Kier molecular flexibility index (Phi) is 12.1. The molecule has 0 N–H and O–H groups in total. The minimum absolute atomic E-state index is 0.0338. The number of hydrogen-bond donors (Lipinski definition) is 0. The highest BCUT2D eigenvalue weighted by atomic mass is 16.5. The molecule has 0 fully saturated rings. The fourth-order valence-corrected chi connectivity index (χ4v) is 1.82. The summed E-state index contributed by atoms with van der Waals surface area (Å²) in [5.41, 5.74) is 0. The molecular weight excluding hydrogens is 224 g/mol. The maximum Gasteiger partial charge on any atom is 0.312 e. The van der Waals surface area contributed by atoms with E-state index in [0.717, 1.165) is 38.5 Å². The molecule has 0 radical (unpaired) electrons. The molecule has 0 bridgehead atoms. The van der Waals surface area contributed by atoms with E-state index in [2.05, 4.69) is 26.8 Å². The zero-order chi connectivity index (χ0) is 13.6. The highest BCUT2D eigenvalue weighted by Gasteiger charge is 2.15. The first kappa shape index (κ1) is 17.2. The van der Waals surface area contributed by atoms with Gasteiger partial charge in [0, 0.05) is 0 Å². The molecule has 18 heavy (non-hydrogen) atoms. The van der Waals surface area contributed by atoms with E-state index >= 15 is 0 Å². The lowest BCUT2D eigenvalue weighted by Crippen LogP contribution is -2.16. The summed E-state index contributed by atoms with van der Waals surface area (Å²) >= 11 is 0. The SMILES string of the molecule is CCCCC=CC(CCC)C(=O)OCCCCC. The predicted octanol–water partition coefficient (Wildman–Crippen LogP) is 4.88. The van der Waals surface area contributed by atoms with Gasteiger partial charge in [-0.15, -0.1) is 0 Å². The Morgan fingerprint density at radius 1 is 1.06 bits per heavy atom. The molecule has 0 aliphatic heterocycles. The molecule has 0 aliphatic rings. The van der Waals surface area contributed by atoms with Crippen LogP contribution in [0, 0.1) is 5.92 Å². The number of carbonyl (C=O) groups excluding carboxylic acids is 1. The lowest BCUT2D eigenvalue weighted by molar-refractivity contribution is -0.147. The van der Waals surface area contributed by atoms with Crippen molar-refractivity contribution in [1.82, 2.24) is 0 Å². The van der Waals surface area contributed by atoms with Crippen LogP contribution in [0.15, 0.2) is 12.2 Å². The van der Waals surface area contributed by atoms with Crippen molar-refractivity contribution in [3.05, 3.63) is 12.2 Å². The lowest BCUT2D eigenvalue weighted by Gasteiger charge is -2.11. The smallest absolute Gasteiger partial charge is 0.312 e. The Hall–Kier alpha value is -0.790. The van der Waals surface area contributed by atoms with Crippen LogP contribution in [0.4, 0.5) is 0 Å². The molecule has 0 saturated carbocycles. The molecule has 2 heteroatoms. The summed E-state index contributed by atoms with van der Waals surface area (Å²) in [5, 5.41) is 0. The van der Waals surface area contributed by atoms with E-state index in [1.807, 2.05) is 6.08 Å². The third-order valence-corrected chi connectivity index (χ3v) is 2.99. The zero-order valence-electron chi connectivity index (χ0n) is 12.4. The normalized spacial score (nSPS) is 12.8. The van der Waals surface area contributed by atoms with Crippen LogP contribution in [0.5, 0.6) is 0 Å². The fourth-order valence-electron chi connectivity index (χ4n) is 1.82. The maximum atomic E-state index is 11.9. The van der Waals surface area contributed by atoms with Gasteiger partial charge in [-0.25, -0.2) is 0 Å². The van der Waals surface area contributed by atoms with Gasteiger partial charge in [0.15, 0.2) is 0 Å². The first-order valence-corrected chi connectivity index (χ1v) is 7.59. The highest BCUT2D eigenvalue weighted by molar-refractivity contribution is 5.74. The molecule has 0 aromatic rings. The van der Waals surface area contributed by atoms with Crippen molar-refractivity contribution < 1.29 is 9.53 Å². The summed E-state index contributed by atoms with van der Waals surface area (Å²) in [6.07, 6.45) is 12.8. The van der Waals surface area contributed by atoms with E-state index in [1.54, 1.807) is 0 Å². The molecule has 0 spiro atoms. The fraction of sp³-hybridized carbons (Fsp3) is 0.812. The predicted molar refractivity (Wildman–Crippen MR) is 77.5 cm³/mol. The van der Waals surface area contributed by atoms with Crippen molar-refractivity contribution in [2.75, 3.05) is 6.61 Å². The van der Waals surface area contributed by atoms with Crippen LogP contribution in [-0.2, 0) is 9.53 Å². The van der Waals surface area contributed by atoms with Gasteiger partial charge in [0.05, 0.1) is 12.5 Å². The van der Waals surface area contributed by atoms with E-state index in [4.69, 9.17) is 4.74 Å². The van der Waals surface area contributed by atoms with Gasteiger partial charge >= 0.3 is 5.97 Å². The standard InChI is InChI=1S/C16H30O2/c1-4-7-9-10-13-15(12-6-3)16(17)18-14-11-8-5-2/h10,13,15H,4-9,11-12,14H2,1-3H3. The van der Waals surface area contributed by atoms with E-state index in [1.165, 1.54) is 12.8 Å². The van der Waals surface area contributed by atoms with Gasteiger partial charge in [-0.3, -0.25) is 4.79 Å². The Morgan fingerprint density at radius 3 is 2.39 bits per heavy atom. The third kappa shape index (κ3) is 9.26. The lowest BCUT2D eigenvalue weighted by atomic mass is 10.0.